The predicted octanol–water partition coefficient (Wildman–Crippen LogP) is -0.539. The molecule has 1 aliphatic heterocycles. The van der Waals surface area contributed by atoms with Gasteiger partial charge in [0.25, 0.3) is 0 Å². The van der Waals surface area contributed by atoms with Gasteiger partial charge in [-0.3, -0.25) is 4.68 Å². The molecule has 19 heavy (non-hydrogen) atoms. The van der Waals surface area contributed by atoms with E-state index in [1.807, 2.05) is 7.05 Å². The lowest BCUT2D eigenvalue weighted by Gasteiger charge is -2.14. The van der Waals surface area contributed by atoms with E-state index in [0.29, 0.717) is 26.3 Å². The van der Waals surface area contributed by atoms with Gasteiger partial charge in [-0.15, -0.1) is 0 Å². The summed E-state index contributed by atoms with van der Waals surface area (Å²) in [5.41, 5.74) is 0. The maximum atomic E-state index is 9.73. The molecule has 1 aromatic heterocycles. The highest BCUT2D eigenvalue weighted by atomic mass is 16.5. The lowest BCUT2D eigenvalue weighted by atomic mass is 10.2. The fourth-order valence-electron chi connectivity index (χ4n) is 1.99. The normalized spacial score (nSPS) is 20.8. The molecule has 108 valence electrons. The van der Waals surface area contributed by atoms with Gasteiger partial charge in [0.05, 0.1) is 32.0 Å². The summed E-state index contributed by atoms with van der Waals surface area (Å²) < 4.78 is 12.5. The van der Waals surface area contributed by atoms with Gasteiger partial charge in [-0.1, -0.05) is 0 Å². The van der Waals surface area contributed by atoms with Crippen molar-refractivity contribution in [1.29, 1.82) is 0 Å². The predicted molar refractivity (Wildman–Crippen MR) is 68.5 cm³/mol. The molecule has 0 saturated carbocycles. The molecule has 0 radical (unpaired) electrons. The molecular formula is C12H22N4O3. The molecule has 0 bridgehead atoms. The molecule has 2 rings (SSSR count). The SMILES string of the molecule is Cn1cnc(CNCC(O)COCC2CCCO2)n1. The molecule has 2 atom stereocenters. The van der Waals surface area contributed by atoms with Crippen molar-refractivity contribution >= 4 is 0 Å². The second-order valence-corrected chi connectivity index (χ2v) is 4.79. The van der Waals surface area contributed by atoms with Crippen molar-refractivity contribution in [2.24, 2.45) is 7.05 Å². The summed E-state index contributed by atoms with van der Waals surface area (Å²) in [6.07, 6.45) is 3.50. The number of nitrogens with zero attached hydrogens (tertiary/aromatic N) is 3. The Morgan fingerprint density at radius 3 is 3.26 bits per heavy atom. The number of nitrogens with one attached hydrogen (secondary N) is 1. The Labute approximate surface area is 112 Å². The zero-order chi connectivity index (χ0) is 13.5. The second kappa shape index (κ2) is 7.54. The van der Waals surface area contributed by atoms with Crippen LogP contribution in [-0.2, 0) is 23.1 Å². The van der Waals surface area contributed by atoms with Crippen molar-refractivity contribution in [2.45, 2.75) is 31.6 Å². The van der Waals surface area contributed by atoms with Gasteiger partial charge < -0.3 is 19.9 Å². The Kier molecular flexibility index (Phi) is 5.71. The molecule has 1 saturated heterocycles. The summed E-state index contributed by atoms with van der Waals surface area (Å²) in [6.45, 7) is 2.73. The molecule has 0 aromatic carbocycles. The number of hydrogen-bond donors (Lipinski definition) is 2. The average Bonchev–Trinajstić information content (AvgIpc) is 3.01. The van der Waals surface area contributed by atoms with E-state index in [-0.39, 0.29) is 6.10 Å². The minimum Gasteiger partial charge on any atom is -0.389 e. The summed E-state index contributed by atoms with van der Waals surface area (Å²) in [7, 11) is 1.82. The topological polar surface area (TPSA) is 81.4 Å². The Morgan fingerprint density at radius 2 is 2.58 bits per heavy atom. The van der Waals surface area contributed by atoms with Crippen LogP contribution in [-0.4, -0.2) is 58.4 Å². The van der Waals surface area contributed by atoms with Gasteiger partial charge >= 0.3 is 0 Å². The number of aliphatic hydroxyl groups excluding tert-OH is 1. The number of hydrogen-bond acceptors (Lipinski definition) is 6. The molecule has 1 fully saturated rings. The van der Waals surface area contributed by atoms with Crippen molar-refractivity contribution in [2.75, 3.05) is 26.4 Å². The summed E-state index contributed by atoms with van der Waals surface area (Å²) in [5.74, 6) is 0.718. The number of aromatic nitrogens is 3. The maximum absolute atomic E-state index is 9.73. The van der Waals surface area contributed by atoms with Crippen LogP contribution in [0.15, 0.2) is 6.33 Å². The highest BCUT2D eigenvalue weighted by molar-refractivity contribution is 4.80. The fourth-order valence-corrected chi connectivity index (χ4v) is 1.99. The Balaban J connectivity index is 1.50. The van der Waals surface area contributed by atoms with Crippen molar-refractivity contribution in [3.63, 3.8) is 0 Å². The highest BCUT2D eigenvalue weighted by Gasteiger charge is 2.16. The molecule has 2 unspecified atom stereocenters. The van der Waals surface area contributed by atoms with Crippen LogP contribution in [0.1, 0.15) is 18.7 Å². The van der Waals surface area contributed by atoms with Gasteiger partial charge in [0.2, 0.25) is 0 Å². The summed E-state index contributed by atoms with van der Waals surface area (Å²) in [5, 5.41) is 17.0. The third-order valence-electron chi connectivity index (χ3n) is 2.95. The molecule has 7 nitrogen and oxygen atoms in total. The second-order valence-electron chi connectivity index (χ2n) is 4.79. The first-order valence-electron chi connectivity index (χ1n) is 6.66. The van der Waals surface area contributed by atoms with Crippen LogP contribution in [0.3, 0.4) is 0 Å². The summed E-state index contributed by atoms with van der Waals surface area (Å²) >= 11 is 0. The molecule has 7 heteroatoms. The van der Waals surface area contributed by atoms with E-state index >= 15 is 0 Å². The summed E-state index contributed by atoms with van der Waals surface area (Å²) in [4.78, 5) is 4.09. The third-order valence-corrected chi connectivity index (χ3v) is 2.95. The van der Waals surface area contributed by atoms with E-state index in [4.69, 9.17) is 9.47 Å². The van der Waals surface area contributed by atoms with Gasteiger partial charge in [0.15, 0.2) is 5.82 Å². The van der Waals surface area contributed by atoms with Crippen LogP contribution < -0.4 is 5.32 Å². The van der Waals surface area contributed by atoms with Crippen molar-refractivity contribution in [3.8, 4) is 0 Å². The zero-order valence-electron chi connectivity index (χ0n) is 11.3. The van der Waals surface area contributed by atoms with E-state index in [1.54, 1.807) is 11.0 Å². The summed E-state index contributed by atoms with van der Waals surface area (Å²) in [6, 6.07) is 0. The van der Waals surface area contributed by atoms with Crippen LogP contribution in [0.4, 0.5) is 0 Å². The Morgan fingerprint density at radius 1 is 1.68 bits per heavy atom. The fraction of sp³-hybridized carbons (Fsp3) is 0.833. The molecule has 1 aliphatic rings. The van der Waals surface area contributed by atoms with Gasteiger partial charge in [0.1, 0.15) is 6.33 Å². The largest absolute Gasteiger partial charge is 0.389 e. The van der Waals surface area contributed by atoms with E-state index < -0.39 is 6.10 Å². The van der Waals surface area contributed by atoms with Crippen LogP contribution in [0, 0.1) is 0 Å². The monoisotopic (exact) mass is 270 g/mol. The van der Waals surface area contributed by atoms with Crippen molar-refractivity contribution < 1.29 is 14.6 Å². The van der Waals surface area contributed by atoms with E-state index in [1.165, 1.54) is 0 Å². The zero-order valence-corrected chi connectivity index (χ0v) is 11.3. The Hall–Kier alpha value is -1.02. The minimum absolute atomic E-state index is 0.206. The third kappa shape index (κ3) is 5.23. The molecule has 1 aromatic rings. The van der Waals surface area contributed by atoms with Gasteiger partial charge in [-0.05, 0) is 12.8 Å². The van der Waals surface area contributed by atoms with E-state index in [9.17, 15) is 5.11 Å². The lowest BCUT2D eigenvalue weighted by Crippen LogP contribution is -2.31. The number of aliphatic hydroxyl groups is 1. The lowest BCUT2D eigenvalue weighted by molar-refractivity contribution is -0.0165. The molecule has 0 aliphatic carbocycles. The van der Waals surface area contributed by atoms with Crippen LogP contribution in [0.25, 0.3) is 0 Å². The maximum Gasteiger partial charge on any atom is 0.164 e. The van der Waals surface area contributed by atoms with E-state index in [2.05, 4.69) is 15.4 Å². The quantitative estimate of drug-likeness (QED) is 0.660. The number of ether oxygens (including phenoxy) is 2. The van der Waals surface area contributed by atoms with Crippen molar-refractivity contribution in [3.05, 3.63) is 12.2 Å². The highest BCUT2D eigenvalue weighted by Crippen LogP contribution is 2.11. The van der Waals surface area contributed by atoms with Gasteiger partial charge in [-0.2, -0.15) is 5.10 Å². The van der Waals surface area contributed by atoms with Crippen LogP contribution in [0.2, 0.25) is 0 Å². The number of aryl methyl sites for hydroxylation is 1. The first kappa shape index (κ1) is 14.4. The molecule has 0 spiro atoms. The minimum atomic E-state index is -0.523. The number of rotatable bonds is 8. The average molecular weight is 270 g/mol. The first-order chi connectivity index (χ1) is 9.24. The molecule has 0 amide bonds. The van der Waals surface area contributed by atoms with Gasteiger partial charge in [-0.25, -0.2) is 4.98 Å². The molecular weight excluding hydrogens is 248 g/mol. The smallest absolute Gasteiger partial charge is 0.164 e. The first-order valence-corrected chi connectivity index (χ1v) is 6.66. The molecule has 2 N–H and O–H groups in total. The standard InChI is InChI=1S/C12H22N4O3/c1-16-9-14-12(15-16)6-13-5-10(17)7-18-8-11-3-2-4-19-11/h9-11,13,17H,2-8H2,1H3. The van der Waals surface area contributed by atoms with Gasteiger partial charge in [0, 0.05) is 20.2 Å². The van der Waals surface area contributed by atoms with E-state index in [0.717, 1.165) is 25.3 Å². The Bertz CT molecular complexity index is 366. The van der Waals surface area contributed by atoms with Crippen molar-refractivity contribution in [1.82, 2.24) is 20.1 Å². The molecule has 2 heterocycles. The van der Waals surface area contributed by atoms with Crippen LogP contribution >= 0.6 is 0 Å². The van der Waals surface area contributed by atoms with Crippen LogP contribution in [0.5, 0.6) is 0 Å².